The van der Waals surface area contributed by atoms with Gasteiger partial charge in [-0.3, -0.25) is 0 Å². The second kappa shape index (κ2) is 5.27. The summed E-state index contributed by atoms with van der Waals surface area (Å²) in [7, 11) is 0. The summed E-state index contributed by atoms with van der Waals surface area (Å²) >= 11 is 3.49. The van der Waals surface area contributed by atoms with Crippen molar-refractivity contribution in [3.63, 3.8) is 0 Å². The zero-order valence-electron chi connectivity index (χ0n) is 11.7. The van der Waals surface area contributed by atoms with Gasteiger partial charge in [0.2, 0.25) is 0 Å². The number of rotatable bonds is 2. The van der Waals surface area contributed by atoms with Crippen LogP contribution in [0.1, 0.15) is 17.2 Å². The first-order chi connectivity index (χ1) is 10.7. The highest BCUT2D eigenvalue weighted by atomic mass is 79.9. The number of benzene rings is 3. The van der Waals surface area contributed by atoms with Crippen molar-refractivity contribution in [3.05, 3.63) is 82.3 Å². The number of fused-ring (bicyclic) bond motifs is 3. The van der Waals surface area contributed by atoms with E-state index in [-0.39, 0.29) is 0 Å². The van der Waals surface area contributed by atoms with Gasteiger partial charge in [-0.2, -0.15) is 0 Å². The molecule has 0 aliphatic rings. The van der Waals surface area contributed by atoms with Crippen LogP contribution < -0.4 is 0 Å². The molecule has 3 aromatic carbocycles. The zero-order chi connectivity index (χ0) is 15.1. The van der Waals surface area contributed by atoms with Gasteiger partial charge < -0.3 is 9.52 Å². The Hall–Kier alpha value is -2.10. The largest absolute Gasteiger partial charge is 0.456 e. The molecule has 0 saturated heterocycles. The average molecular weight is 353 g/mol. The van der Waals surface area contributed by atoms with Gasteiger partial charge in [-0.1, -0.05) is 64.5 Å². The SMILES string of the molecule is O[C@@H](c1ccc2c(c1)oc1ccccc12)c1ccccc1Br. The first kappa shape index (κ1) is 13.6. The normalized spacial score (nSPS) is 12.8. The smallest absolute Gasteiger partial charge is 0.135 e. The summed E-state index contributed by atoms with van der Waals surface area (Å²) in [6.45, 7) is 0. The lowest BCUT2D eigenvalue weighted by Gasteiger charge is -2.13. The van der Waals surface area contributed by atoms with Gasteiger partial charge in [-0.05, 0) is 29.3 Å². The Labute approximate surface area is 136 Å². The quantitative estimate of drug-likeness (QED) is 0.521. The van der Waals surface area contributed by atoms with Crippen LogP contribution in [0.15, 0.2) is 75.6 Å². The van der Waals surface area contributed by atoms with Crippen molar-refractivity contribution in [3.8, 4) is 0 Å². The summed E-state index contributed by atoms with van der Waals surface area (Å²) in [4.78, 5) is 0. The molecular weight excluding hydrogens is 340 g/mol. The van der Waals surface area contributed by atoms with Gasteiger partial charge in [-0.15, -0.1) is 0 Å². The van der Waals surface area contributed by atoms with E-state index >= 15 is 0 Å². The Morgan fingerprint density at radius 3 is 2.41 bits per heavy atom. The van der Waals surface area contributed by atoms with Crippen molar-refractivity contribution in [2.45, 2.75) is 6.10 Å². The Morgan fingerprint density at radius 1 is 0.818 bits per heavy atom. The van der Waals surface area contributed by atoms with E-state index in [4.69, 9.17) is 4.42 Å². The summed E-state index contributed by atoms with van der Waals surface area (Å²) in [6, 6.07) is 21.5. The van der Waals surface area contributed by atoms with Crippen LogP contribution >= 0.6 is 15.9 Å². The molecule has 0 fully saturated rings. The first-order valence-corrected chi connectivity index (χ1v) is 7.87. The predicted octanol–water partition coefficient (Wildman–Crippen LogP) is 5.43. The highest BCUT2D eigenvalue weighted by Gasteiger charge is 2.15. The number of furan rings is 1. The Kier molecular flexibility index (Phi) is 3.25. The zero-order valence-corrected chi connectivity index (χ0v) is 13.2. The molecule has 1 N–H and O–H groups in total. The molecule has 3 heteroatoms. The lowest BCUT2D eigenvalue weighted by atomic mass is 10.0. The number of hydrogen-bond donors (Lipinski definition) is 1. The van der Waals surface area contributed by atoms with E-state index in [1.165, 1.54) is 0 Å². The molecule has 0 aliphatic carbocycles. The van der Waals surface area contributed by atoms with Crippen molar-refractivity contribution < 1.29 is 9.52 Å². The molecule has 1 heterocycles. The molecule has 0 amide bonds. The Morgan fingerprint density at radius 2 is 1.55 bits per heavy atom. The van der Waals surface area contributed by atoms with Crippen LogP contribution in [0.2, 0.25) is 0 Å². The molecule has 4 rings (SSSR count). The molecule has 1 atom stereocenters. The lowest BCUT2D eigenvalue weighted by molar-refractivity contribution is 0.219. The maximum absolute atomic E-state index is 10.6. The third-order valence-electron chi connectivity index (χ3n) is 3.92. The van der Waals surface area contributed by atoms with Crippen LogP contribution in [-0.4, -0.2) is 5.11 Å². The van der Waals surface area contributed by atoms with E-state index in [9.17, 15) is 5.11 Å². The van der Waals surface area contributed by atoms with Gasteiger partial charge in [0.25, 0.3) is 0 Å². The molecule has 0 bridgehead atoms. The van der Waals surface area contributed by atoms with Crippen LogP contribution in [0.3, 0.4) is 0 Å². The van der Waals surface area contributed by atoms with E-state index in [1.807, 2.05) is 66.7 Å². The van der Waals surface area contributed by atoms with Gasteiger partial charge in [0.05, 0.1) is 0 Å². The van der Waals surface area contributed by atoms with Crippen molar-refractivity contribution >= 4 is 37.9 Å². The Balaban J connectivity index is 1.86. The average Bonchev–Trinajstić information content (AvgIpc) is 2.92. The molecule has 0 spiro atoms. The standard InChI is InChI=1S/C19H13BrO2/c20-16-7-3-1-6-15(16)19(21)12-9-10-14-13-5-2-4-8-17(13)22-18(14)11-12/h1-11,19,21H/t19-/m0/s1. The number of para-hydroxylation sites is 1. The maximum atomic E-state index is 10.6. The van der Waals surface area contributed by atoms with Crippen LogP contribution in [0.4, 0.5) is 0 Å². The fourth-order valence-corrected chi connectivity index (χ4v) is 3.29. The van der Waals surface area contributed by atoms with Gasteiger partial charge in [-0.25, -0.2) is 0 Å². The number of halogens is 1. The summed E-state index contributed by atoms with van der Waals surface area (Å²) in [6.07, 6.45) is -0.687. The fraction of sp³-hybridized carbons (Fsp3) is 0.0526. The van der Waals surface area contributed by atoms with Crippen LogP contribution in [0.25, 0.3) is 21.9 Å². The second-order valence-electron chi connectivity index (χ2n) is 5.28. The van der Waals surface area contributed by atoms with Crippen molar-refractivity contribution in [2.24, 2.45) is 0 Å². The van der Waals surface area contributed by atoms with Crippen molar-refractivity contribution in [2.75, 3.05) is 0 Å². The third kappa shape index (κ3) is 2.14. The summed E-state index contributed by atoms with van der Waals surface area (Å²) in [5, 5.41) is 12.8. The second-order valence-corrected chi connectivity index (χ2v) is 6.13. The first-order valence-electron chi connectivity index (χ1n) is 7.08. The molecule has 0 aliphatic heterocycles. The van der Waals surface area contributed by atoms with E-state index in [1.54, 1.807) is 0 Å². The Bertz CT molecular complexity index is 971. The molecule has 4 aromatic rings. The lowest BCUT2D eigenvalue weighted by Crippen LogP contribution is -2.00. The number of aliphatic hydroxyl groups excluding tert-OH is 1. The van der Waals surface area contributed by atoms with Gasteiger partial charge >= 0.3 is 0 Å². The molecule has 0 saturated carbocycles. The molecule has 0 radical (unpaired) electrons. The number of aliphatic hydroxyl groups is 1. The molecule has 22 heavy (non-hydrogen) atoms. The van der Waals surface area contributed by atoms with Crippen molar-refractivity contribution in [1.29, 1.82) is 0 Å². The van der Waals surface area contributed by atoms with E-state index in [0.29, 0.717) is 0 Å². The van der Waals surface area contributed by atoms with Crippen LogP contribution in [0, 0.1) is 0 Å². The fourth-order valence-electron chi connectivity index (χ4n) is 2.79. The summed E-state index contributed by atoms with van der Waals surface area (Å²) in [5.74, 6) is 0. The predicted molar refractivity (Wildman–Crippen MR) is 91.9 cm³/mol. The van der Waals surface area contributed by atoms with Gasteiger partial charge in [0.15, 0.2) is 0 Å². The van der Waals surface area contributed by atoms with E-state index < -0.39 is 6.10 Å². The minimum atomic E-state index is -0.687. The molecule has 0 unspecified atom stereocenters. The van der Waals surface area contributed by atoms with Crippen LogP contribution in [0.5, 0.6) is 0 Å². The maximum Gasteiger partial charge on any atom is 0.135 e. The monoisotopic (exact) mass is 352 g/mol. The van der Waals surface area contributed by atoms with E-state index in [0.717, 1.165) is 37.5 Å². The van der Waals surface area contributed by atoms with Crippen molar-refractivity contribution in [1.82, 2.24) is 0 Å². The molecular formula is C19H13BrO2. The molecule has 1 aromatic heterocycles. The third-order valence-corrected chi connectivity index (χ3v) is 4.64. The summed E-state index contributed by atoms with van der Waals surface area (Å²) in [5.41, 5.74) is 3.33. The van der Waals surface area contributed by atoms with Gasteiger partial charge in [0, 0.05) is 15.2 Å². The topological polar surface area (TPSA) is 33.4 Å². The molecule has 108 valence electrons. The minimum Gasteiger partial charge on any atom is -0.456 e. The highest BCUT2D eigenvalue weighted by molar-refractivity contribution is 9.10. The highest BCUT2D eigenvalue weighted by Crippen LogP contribution is 2.33. The van der Waals surface area contributed by atoms with Crippen LogP contribution in [-0.2, 0) is 0 Å². The van der Waals surface area contributed by atoms with Gasteiger partial charge in [0.1, 0.15) is 17.3 Å². The number of hydrogen-bond acceptors (Lipinski definition) is 2. The van der Waals surface area contributed by atoms with E-state index in [2.05, 4.69) is 15.9 Å². The minimum absolute atomic E-state index is 0.687. The molecule has 2 nitrogen and oxygen atoms in total. The summed E-state index contributed by atoms with van der Waals surface area (Å²) < 4.78 is 6.78.